The Labute approximate surface area is 175 Å². The number of ether oxygens (including phenoxy) is 3. The number of hydrogen-bond acceptors (Lipinski definition) is 6. The third-order valence-corrected chi connectivity index (χ3v) is 5.18. The van der Waals surface area contributed by atoms with Crippen molar-refractivity contribution in [3.63, 3.8) is 0 Å². The summed E-state index contributed by atoms with van der Waals surface area (Å²) in [4.78, 5) is 38.7. The molecule has 3 rings (SSSR count). The van der Waals surface area contributed by atoms with Crippen molar-refractivity contribution >= 4 is 18.0 Å². The van der Waals surface area contributed by atoms with Gasteiger partial charge in [0.05, 0.1) is 31.4 Å². The largest absolute Gasteiger partial charge is 0.465 e. The molecule has 1 aliphatic heterocycles. The van der Waals surface area contributed by atoms with E-state index >= 15 is 0 Å². The average molecular weight is 411 g/mol. The third-order valence-electron chi connectivity index (χ3n) is 5.18. The SMILES string of the molecule is COC(=O)c1ccc(C2CCCCN2C(=O)OCc2ccccc2)cc1C(=O)OC. The first kappa shape index (κ1) is 21.4. The van der Waals surface area contributed by atoms with Crippen molar-refractivity contribution in [2.75, 3.05) is 20.8 Å². The van der Waals surface area contributed by atoms with Crippen LogP contribution in [-0.4, -0.2) is 43.7 Å². The van der Waals surface area contributed by atoms with Gasteiger partial charge >= 0.3 is 18.0 Å². The van der Waals surface area contributed by atoms with Crippen LogP contribution in [-0.2, 0) is 20.8 Å². The van der Waals surface area contributed by atoms with Gasteiger partial charge in [0, 0.05) is 6.54 Å². The summed E-state index contributed by atoms with van der Waals surface area (Å²) in [7, 11) is 2.51. The van der Waals surface area contributed by atoms with Crippen LogP contribution in [0.5, 0.6) is 0 Å². The maximum atomic E-state index is 12.8. The van der Waals surface area contributed by atoms with Gasteiger partial charge in [0.15, 0.2) is 0 Å². The van der Waals surface area contributed by atoms with Gasteiger partial charge in [-0.2, -0.15) is 0 Å². The van der Waals surface area contributed by atoms with Crippen LogP contribution >= 0.6 is 0 Å². The molecule has 1 saturated heterocycles. The highest BCUT2D eigenvalue weighted by Crippen LogP contribution is 2.33. The summed E-state index contributed by atoms with van der Waals surface area (Å²) < 4.78 is 15.1. The topological polar surface area (TPSA) is 82.1 Å². The van der Waals surface area contributed by atoms with E-state index in [1.807, 2.05) is 30.3 Å². The molecule has 0 saturated carbocycles. The molecule has 0 radical (unpaired) electrons. The molecule has 2 aromatic carbocycles. The van der Waals surface area contributed by atoms with Crippen molar-refractivity contribution < 1.29 is 28.6 Å². The van der Waals surface area contributed by atoms with Gasteiger partial charge in [-0.05, 0) is 42.5 Å². The van der Waals surface area contributed by atoms with Crippen LogP contribution in [0, 0.1) is 0 Å². The van der Waals surface area contributed by atoms with E-state index in [2.05, 4.69) is 0 Å². The van der Waals surface area contributed by atoms with Crippen LogP contribution < -0.4 is 0 Å². The third kappa shape index (κ3) is 4.79. The molecule has 1 amide bonds. The zero-order chi connectivity index (χ0) is 21.5. The Bertz CT molecular complexity index is 911. The van der Waals surface area contributed by atoms with Crippen LogP contribution in [0.15, 0.2) is 48.5 Å². The van der Waals surface area contributed by atoms with E-state index in [1.165, 1.54) is 20.3 Å². The minimum atomic E-state index is -0.633. The number of amides is 1. The second kappa shape index (κ2) is 9.91. The summed E-state index contributed by atoms with van der Waals surface area (Å²) in [5.74, 6) is -1.25. The quantitative estimate of drug-likeness (QED) is 0.544. The first-order valence-electron chi connectivity index (χ1n) is 9.83. The van der Waals surface area contributed by atoms with Crippen molar-refractivity contribution in [1.82, 2.24) is 4.90 Å². The number of methoxy groups -OCH3 is 2. The molecule has 1 fully saturated rings. The van der Waals surface area contributed by atoms with Crippen LogP contribution in [0.2, 0.25) is 0 Å². The minimum Gasteiger partial charge on any atom is -0.465 e. The second-order valence-electron chi connectivity index (χ2n) is 7.03. The summed E-state index contributed by atoms with van der Waals surface area (Å²) in [6.45, 7) is 0.752. The predicted molar refractivity (Wildman–Crippen MR) is 109 cm³/mol. The van der Waals surface area contributed by atoms with Crippen LogP contribution in [0.4, 0.5) is 4.79 Å². The summed E-state index contributed by atoms with van der Waals surface area (Å²) in [5.41, 5.74) is 1.90. The Kier molecular flexibility index (Phi) is 7.06. The van der Waals surface area contributed by atoms with Gasteiger partial charge in [0.2, 0.25) is 0 Å². The molecule has 7 heteroatoms. The van der Waals surface area contributed by atoms with Crippen molar-refractivity contribution in [1.29, 1.82) is 0 Å². The van der Waals surface area contributed by atoms with Gasteiger partial charge in [-0.15, -0.1) is 0 Å². The molecule has 1 aliphatic rings. The Morgan fingerprint density at radius 2 is 1.63 bits per heavy atom. The number of carbonyl (C=O) groups is 3. The zero-order valence-electron chi connectivity index (χ0n) is 17.1. The molecule has 1 atom stereocenters. The zero-order valence-corrected chi connectivity index (χ0v) is 17.1. The molecule has 0 aliphatic carbocycles. The summed E-state index contributed by atoms with van der Waals surface area (Å²) in [6, 6.07) is 14.1. The fourth-order valence-electron chi connectivity index (χ4n) is 3.63. The molecule has 1 unspecified atom stereocenters. The fourth-order valence-corrected chi connectivity index (χ4v) is 3.63. The molecular weight excluding hydrogens is 386 g/mol. The number of hydrogen-bond donors (Lipinski definition) is 0. The van der Waals surface area contributed by atoms with E-state index in [0.29, 0.717) is 6.54 Å². The van der Waals surface area contributed by atoms with E-state index < -0.39 is 18.0 Å². The summed E-state index contributed by atoms with van der Waals surface area (Å²) in [5, 5.41) is 0. The highest BCUT2D eigenvalue weighted by molar-refractivity contribution is 6.03. The van der Waals surface area contributed by atoms with Crippen molar-refractivity contribution in [3.05, 3.63) is 70.8 Å². The lowest BCUT2D eigenvalue weighted by molar-refractivity contribution is 0.0553. The lowest BCUT2D eigenvalue weighted by Gasteiger charge is -2.35. The molecule has 158 valence electrons. The van der Waals surface area contributed by atoms with Gasteiger partial charge in [-0.1, -0.05) is 36.4 Å². The van der Waals surface area contributed by atoms with E-state index in [-0.39, 0.29) is 23.8 Å². The van der Waals surface area contributed by atoms with Crippen LogP contribution in [0.25, 0.3) is 0 Å². The molecule has 0 bridgehead atoms. The first-order valence-corrected chi connectivity index (χ1v) is 9.83. The average Bonchev–Trinajstić information content (AvgIpc) is 2.81. The van der Waals surface area contributed by atoms with E-state index in [1.54, 1.807) is 17.0 Å². The second-order valence-corrected chi connectivity index (χ2v) is 7.03. The van der Waals surface area contributed by atoms with E-state index in [9.17, 15) is 14.4 Å². The monoisotopic (exact) mass is 411 g/mol. The minimum absolute atomic E-state index is 0.116. The van der Waals surface area contributed by atoms with E-state index in [0.717, 1.165) is 30.4 Å². The molecule has 30 heavy (non-hydrogen) atoms. The summed E-state index contributed by atoms with van der Waals surface area (Å²) >= 11 is 0. The molecule has 7 nitrogen and oxygen atoms in total. The Hall–Kier alpha value is -3.35. The molecule has 1 heterocycles. The highest BCUT2D eigenvalue weighted by atomic mass is 16.6. The Balaban J connectivity index is 1.83. The van der Waals surface area contributed by atoms with Crippen LogP contribution in [0.3, 0.4) is 0 Å². The first-order chi connectivity index (χ1) is 14.5. The smallest absolute Gasteiger partial charge is 0.410 e. The van der Waals surface area contributed by atoms with Gasteiger partial charge < -0.3 is 19.1 Å². The molecule has 0 spiro atoms. The number of carbonyl (C=O) groups excluding carboxylic acids is 3. The van der Waals surface area contributed by atoms with E-state index in [4.69, 9.17) is 14.2 Å². The number of esters is 2. The Morgan fingerprint density at radius 3 is 2.33 bits per heavy atom. The highest BCUT2D eigenvalue weighted by Gasteiger charge is 2.30. The molecule has 0 aromatic heterocycles. The fraction of sp³-hybridized carbons (Fsp3) is 0.348. The lowest BCUT2D eigenvalue weighted by Crippen LogP contribution is -2.39. The molecule has 2 aromatic rings. The maximum absolute atomic E-state index is 12.8. The van der Waals surface area contributed by atoms with Crippen molar-refractivity contribution in [2.45, 2.75) is 31.9 Å². The van der Waals surface area contributed by atoms with Gasteiger partial charge in [-0.3, -0.25) is 0 Å². The normalized spacial score (nSPS) is 15.9. The predicted octanol–water partition coefficient (Wildman–Crippen LogP) is 4.12. The van der Waals surface area contributed by atoms with Gasteiger partial charge in [0.1, 0.15) is 6.61 Å². The number of nitrogens with zero attached hydrogens (tertiary/aromatic N) is 1. The number of likely N-dealkylation sites (tertiary alicyclic amines) is 1. The van der Waals surface area contributed by atoms with Crippen molar-refractivity contribution in [2.24, 2.45) is 0 Å². The molecular formula is C23H25NO6. The van der Waals surface area contributed by atoms with Gasteiger partial charge in [0.25, 0.3) is 0 Å². The Morgan fingerprint density at radius 1 is 0.933 bits per heavy atom. The number of benzene rings is 2. The number of rotatable bonds is 5. The standard InChI is InChI=1S/C23H25NO6/c1-28-21(25)18-12-11-17(14-19(18)22(26)29-2)20-10-6-7-13-24(20)23(27)30-15-16-8-4-3-5-9-16/h3-5,8-9,11-12,14,20H,6-7,10,13,15H2,1-2H3. The lowest BCUT2D eigenvalue weighted by atomic mass is 9.92. The number of piperidine rings is 1. The van der Waals surface area contributed by atoms with Gasteiger partial charge in [-0.25, -0.2) is 14.4 Å². The maximum Gasteiger partial charge on any atom is 0.410 e. The van der Waals surface area contributed by atoms with Crippen molar-refractivity contribution in [3.8, 4) is 0 Å². The van der Waals surface area contributed by atoms with Crippen LogP contribution in [0.1, 0.15) is 57.1 Å². The summed E-state index contributed by atoms with van der Waals surface area (Å²) in [6.07, 6.45) is 2.15. The molecule has 0 N–H and O–H groups in total.